The summed E-state index contributed by atoms with van der Waals surface area (Å²) in [6.45, 7) is 94.9. The molecule has 16 aliphatic heterocycles. The van der Waals surface area contributed by atoms with Gasteiger partial charge < -0.3 is 72.4 Å². The van der Waals surface area contributed by atoms with Crippen molar-refractivity contribution in [1.29, 1.82) is 0 Å². The van der Waals surface area contributed by atoms with Gasteiger partial charge >= 0.3 is 6.03 Å². The lowest BCUT2D eigenvalue weighted by Crippen LogP contribution is -2.55. The Labute approximate surface area is 815 Å². The lowest BCUT2D eigenvalue weighted by atomic mass is 9.71. The number of fused-ring (bicyclic) bond motifs is 16. The van der Waals surface area contributed by atoms with Crippen LogP contribution in [0.1, 0.15) is 335 Å². The molecule has 23 heteroatoms. The van der Waals surface area contributed by atoms with Crippen molar-refractivity contribution >= 4 is 33.5 Å². The van der Waals surface area contributed by atoms with Crippen LogP contribution in [-0.4, -0.2) is 229 Å². The normalized spacial score (nSPS) is 42.5. The monoisotopic (exact) mass is 1900 g/mol. The molecule has 16 rings (SSSR count). The van der Waals surface area contributed by atoms with E-state index in [0.717, 1.165) is 89.0 Å². The molecule has 0 aromatic rings. The highest BCUT2D eigenvalue weighted by Gasteiger charge is 2.69. The van der Waals surface area contributed by atoms with Gasteiger partial charge in [-0.3, -0.25) is 14.5 Å². The summed E-state index contributed by atoms with van der Waals surface area (Å²) >= 11 is 0. The van der Waals surface area contributed by atoms with Crippen molar-refractivity contribution in [3.05, 3.63) is 0 Å². The second-order valence-electron chi connectivity index (χ2n) is 50.7. The molecule has 3 amide bonds. The number of morpholine rings is 1. The molecule has 32 atom stereocenters. The number of hydrogen-bond donors (Lipinski definition) is 3. The van der Waals surface area contributed by atoms with Gasteiger partial charge in [0.05, 0.1) is 145 Å². The Bertz CT molecular complexity index is 3360. The minimum absolute atomic E-state index is 0.000579. The van der Waals surface area contributed by atoms with E-state index in [1.807, 2.05) is 34.9 Å². The highest BCUT2D eigenvalue weighted by Crippen LogP contribution is 2.60. The number of carbonyl (C=O) groups excluding carboxylic acids is 2. The summed E-state index contributed by atoms with van der Waals surface area (Å²) in [7, 11) is 8.06. The van der Waals surface area contributed by atoms with Gasteiger partial charge in [-0.2, -0.15) is 10.5 Å². The second kappa shape index (κ2) is 46.7. The average Bonchev–Trinajstić information content (AvgIpc) is 1.54. The summed E-state index contributed by atoms with van der Waals surface area (Å²) in [5, 5.41) is 8.71. The molecule has 0 saturated carbocycles. The molecule has 16 fully saturated rings. The smallest absolute Gasteiger partial charge is 0.315 e. The first kappa shape index (κ1) is 114. The van der Waals surface area contributed by atoms with Crippen LogP contribution in [0.25, 0.3) is 0 Å². The van der Waals surface area contributed by atoms with E-state index < -0.39 is 5.60 Å². The highest BCUT2D eigenvalue weighted by atomic mass is 33.1. The number of ether oxygens (including phenoxy) is 12. The van der Waals surface area contributed by atoms with Gasteiger partial charge in [0.1, 0.15) is 19.0 Å². The predicted octanol–water partition coefficient (Wildman–Crippen LogP) is 22.7. The van der Waals surface area contributed by atoms with E-state index in [-0.39, 0.29) is 124 Å². The van der Waals surface area contributed by atoms with Gasteiger partial charge in [0, 0.05) is 92.0 Å². The number of likely N-dealkylation sites (tertiary alicyclic amines) is 1. The summed E-state index contributed by atoms with van der Waals surface area (Å²) in [6.07, 6.45) is 12.9. The molecular weight excluding hydrogens is 1700 g/mol. The zero-order valence-corrected chi connectivity index (χ0v) is 93.5. The van der Waals surface area contributed by atoms with E-state index in [9.17, 15) is 9.59 Å². The molecule has 132 heavy (non-hydrogen) atoms. The SMILES string of the molecule is CC(C)C[C@@]12O[C@@H](C)[C@H](C1C(C)C)N(C)C2=O.CC(C)C[C@]12CCO[C@@H](C1C(C)C)[C@H](C)O2.CC(C)C[C@]12CN(C)O[C@@H](C1C(C)C)[C@H](C)O2.CC(C)C[C@]12CNC(=O)N[C@@H](C1C(C)C)[C@H](C)O2.CC(C)C[C@]12CNO[C@@H](C1C(C)C)[C@H](C)O2.CC(C)C[C@]12COCO[C@@H](C1C(C)C)[C@H](C)O2.CC(C)C[C@]12CO[C@@H](C1C(C)C)[C@H](C)O2.CC(C)C[C@]12CSS[C@@H](C1C(C)C)[C@H](C)O2. The van der Waals surface area contributed by atoms with E-state index in [2.05, 4.69) is 304 Å². The molecular formula is C109H203N5O16S2. The van der Waals surface area contributed by atoms with Crippen LogP contribution in [-0.2, 0) is 71.3 Å². The number of amides is 3. The van der Waals surface area contributed by atoms with E-state index in [1.54, 1.807) is 0 Å². The lowest BCUT2D eigenvalue weighted by molar-refractivity contribution is -0.243. The van der Waals surface area contributed by atoms with Crippen molar-refractivity contribution < 1.29 is 76.1 Å². The van der Waals surface area contributed by atoms with Crippen molar-refractivity contribution in [2.24, 2.45) is 142 Å². The summed E-state index contributed by atoms with van der Waals surface area (Å²) in [6, 6.07) is 0.346. The minimum atomic E-state index is -0.541. The van der Waals surface area contributed by atoms with Crippen molar-refractivity contribution in [2.75, 3.05) is 66.1 Å². The molecule has 16 bridgehead atoms. The van der Waals surface area contributed by atoms with Crippen LogP contribution in [0.5, 0.6) is 0 Å². The number of hydroxylamine groups is 3. The van der Waals surface area contributed by atoms with Crippen molar-refractivity contribution in [3.63, 3.8) is 0 Å². The summed E-state index contributed by atoms with van der Waals surface area (Å²) < 4.78 is 73.6. The first-order chi connectivity index (χ1) is 61.3. The fourth-order valence-corrected chi connectivity index (χ4v) is 34.1. The van der Waals surface area contributed by atoms with Crippen LogP contribution >= 0.6 is 21.6 Å². The van der Waals surface area contributed by atoms with Crippen LogP contribution in [0.2, 0.25) is 0 Å². The first-order valence-electron chi connectivity index (χ1n) is 53.5. The van der Waals surface area contributed by atoms with Crippen molar-refractivity contribution in [3.8, 4) is 0 Å². The number of nitrogens with one attached hydrogen (secondary N) is 3. The highest BCUT2D eigenvalue weighted by molar-refractivity contribution is 8.77. The molecule has 0 aromatic heterocycles. The van der Waals surface area contributed by atoms with E-state index in [0.29, 0.717) is 168 Å². The summed E-state index contributed by atoms with van der Waals surface area (Å²) in [4.78, 5) is 37.8. The fraction of sp³-hybridized carbons (Fsp3) is 0.982. The largest absolute Gasteiger partial charge is 0.375 e. The van der Waals surface area contributed by atoms with Crippen LogP contribution < -0.4 is 16.1 Å². The number of nitrogens with zero attached hydrogens (tertiary/aromatic N) is 2. The predicted molar refractivity (Wildman–Crippen MR) is 539 cm³/mol. The second-order valence-corrected chi connectivity index (χ2v) is 53.2. The Hall–Kier alpha value is -1.20. The quantitative estimate of drug-likeness (QED) is 0.0768. The Morgan fingerprint density at radius 1 is 0.364 bits per heavy atom. The third-order valence-electron chi connectivity index (χ3n) is 32.4. The van der Waals surface area contributed by atoms with Gasteiger partial charge in [-0.1, -0.05) is 243 Å². The molecule has 772 valence electrons. The molecule has 0 radical (unpaired) electrons. The average molecular weight is 1900 g/mol. The van der Waals surface area contributed by atoms with Crippen LogP contribution in [0.15, 0.2) is 0 Å². The number of likely N-dealkylation sites (N-methyl/N-ethyl adjacent to an activating group) is 2. The molecule has 0 aliphatic carbocycles. The molecule has 8 unspecified atom stereocenters. The third kappa shape index (κ3) is 24.9. The fourth-order valence-electron chi connectivity index (χ4n) is 30.3. The number of rotatable bonds is 24. The Morgan fingerprint density at radius 2 is 0.742 bits per heavy atom. The topological polar surface area (TPSA) is 206 Å². The molecule has 0 spiro atoms. The Balaban J connectivity index is 0.000000170. The van der Waals surface area contributed by atoms with E-state index in [4.69, 9.17) is 66.5 Å². The van der Waals surface area contributed by atoms with E-state index in [1.165, 1.54) is 18.6 Å². The first-order valence-corrected chi connectivity index (χ1v) is 55.9. The van der Waals surface area contributed by atoms with Gasteiger partial charge in [-0.15, -0.1) is 0 Å². The van der Waals surface area contributed by atoms with Crippen LogP contribution in [0.3, 0.4) is 0 Å². The van der Waals surface area contributed by atoms with Gasteiger partial charge in [0.2, 0.25) is 0 Å². The van der Waals surface area contributed by atoms with Crippen molar-refractivity contribution in [1.82, 2.24) is 26.1 Å². The van der Waals surface area contributed by atoms with Gasteiger partial charge in [-0.05, 0) is 201 Å². The molecule has 16 aliphatic rings. The maximum atomic E-state index is 12.5. The maximum Gasteiger partial charge on any atom is 0.315 e. The van der Waals surface area contributed by atoms with Gasteiger partial charge in [0.25, 0.3) is 5.91 Å². The Kier molecular flexibility index (Phi) is 40.4. The van der Waals surface area contributed by atoms with Crippen LogP contribution in [0, 0.1) is 142 Å². The summed E-state index contributed by atoms with van der Waals surface area (Å²) in [5.74, 6) is 15.4. The number of hydrogen-bond acceptors (Lipinski definition) is 20. The van der Waals surface area contributed by atoms with E-state index >= 15 is 0 Å². The van der Waals surface area contributed by atoms with Crippen molar-refractivity contribution in [2.45, 2.75) is 476 Å². The Morgan fingerprint density at radius 3 is 1.23 bits per heavy atom. The zero-order chi connectivity index (χ0) is 98.9. The standard InChI is InChI=1S/C14H26N2O2.C14H27NO2.C14H25NO2.C14H26O3.C14H26O2.C13H25NO2.C13H24O2.C13H24OS2/c1-8(2)6-14-7-15-13(17)16-12(10(5)18-14)11(14)9(3)4;1-9(2)7-14-8-15(6)17-13(11(5)16-14)12(14)10(3)4;1-8(2)7-14-11(9(3)4)12(10(5)17-14)15(6)13(14)16;1-9(2)6-14-7-15-8-16-13(11(5)17-14)12(14)10(3)4;1-9(2)8-14-6-7-15-13(11(5)16-14)12(14)10(3)4;1-8(2)6-13-7-14-16-12(10(5)15-13)11(13)9(3)4;1-8(2)6-13-7-14-12(10(5)15-13)11(13)9(3)4;1-8(2)6-13-7-15-16-12(10(5)14-13)11(13)9(3)4/h8-12H,6-7H2,1-5H3,(H2,15,16,17);9-13H,7-8H2,1-6H3;8-12H,7H2,1-6H3;9-13H,6-8H2,1-5H3;9-13H,6-8H2,1-5H3;8-12,14H,6-7H2,1-5H3;8-12H,6-7H2,1-5H3;8-12H,6-7H2,1-5H3/t10-,11?,12+,14-;11-,12?,13+,14-;10-,11?,12+,14+;11-,12?,13+,14-;11-,12?,13+,14+;3*10-,11?,12+,13-/m00000000/s1. The van der Waals surface area contributed by atoms with Gasteiger partial charge in [-0.25, -0.2) is 4.79 Å². The molecule has 16 saturated heterocycles. The molecule has 21 nitrogen and oxygen atoms in total. The maximum absolute atomic E-state index is 12.5. The molecule has 16 heterocycles. The number of urea groups is 1. The van der Waals surface area contributed by atoms with Gasteiger partial charge in [0.15, 0.2) is 5.60 Å². The third-order valence-corrected chi connectivity index (χ3v) is 35.5. The number of carbonyl (C=O) groups is 2. The zero-order valence-electron chi connectivity index (χ0n) is 91.9. The molecule has 0 aromatic carbocycles. The van der Waals surface area contributed by atoms with Crippen LogP contribution in [0.4, 0.5) is 4.79 Å². The minimum Gasteiger partial charge on any atom is -0.375 e. The molecule has 3 N–H and O–H groups in total. The summed E-state index contributed by atoms with van der Waals surface area (Å²) in [5.41, 5.74) is 2.49. The lowest BCUT2D eigenvalue weighted by Gasteiger charge is -2.45.